The molecule has 0 spiro atoms. The zero-order valence-corrected chi connectivity index (χ0v) is 7.51. The highest BCUT2D eigenvalue weighted by Gasteiger charge is 2.06. The van der Waals surface area contributed by atoms with E-state index in [4.69, 9.17) is 27.2 Å². The molecule has 0 saturated carbocycles. The van der Waals surface area contributed by atoms with Crippen LogP contribution in [-0.4, -0.2) is 18.3 Å². The maximum Gasteiger partial charge on any atom is 0.145 e. The minimum absolute atomic E-state index is 0.0474. The van der Waals surface area contributed by atoms with E-state index in [1.165, 1.54) is 6.07 Å². The Hall–Kier alpha value is -1.00. The standard InChI is InChI=1S/C8H9ClFNO2/c9-5-3-7(11)8(4-6(5)10)13-2-1-12/h3-4,12H,1-2,11H2. The Morgan fingerprint density at radius 3 is 2.85 bits per heavy atom. The third-order valence-corrected chi connectivity index (χ3v) is 1.69. The summed E-state index contributed by atoms with van der Waals surface area (Å²) in [6.07, 6.45) is 0. The minimum atomic E-state index is -0.594. The second-order valence-corrected chi connectivity index (χ2v) is 2.78. The first-order valence-corrected chi connectivity index (χ1v) is 4.01. The van der Waals surface area contributed by atoms with Gasteiger partial charge < -0.3 is 15.6 Å². The highest BCUT2D eigenvalue weighted by molar-refractivity contribution is 6.31. The molecule has 0 fully saturated rings. The molecule has 5 heteroatoms. The molecule has 0 aliphatic heterocycles. The molecular formula is C8H9ClFNO2. The highest BCUT2D eigenvalue weighted by atomic mass is 35.5. The first-order chi connectivity index (χ1) is 6.15. The van der Waals surface area contributed by atoms with Gasteiger partial charge in [0, 0.05) is 6.07 Å². The fraction of sp³-hybridized carbons (Fsp3) is 0.250. The van der Waals surface area contributed by atoms with Crippen molar-refractivity contribution >= 4 is 17.3 Å². The van der Waals surface area contributed by atoms with E-state index >= 15 is 0 Å². The van der Waals surface area contributed by atoms with Crippen molar-refractivity contribution < 1.29 is 14.2 Å². The number of anilines is 1. The number of aliphatic hydroxyl groups is 1. The zero-order valence-electron chi connectivity index (χ0n) is 6.76. The van der Waals surface area contributed by atoms with E-state index in [2.05, 4.69) is 0 Å². The van der Waals surface area contributed by atoms with Crippen LogP contribution in [0.4, 0.5) is 10.1 Å². The largest absolute Gasteiger partial charge is 0.489 e. The molecule has 0 amide bonds. The number of nitrogens with two attached hydrogens (primary N) is 1. The van der Waals surface area contributed by atoms with Crippen LogP contribution in [0.25, 0.3) is 0 Å². The molecule has 0 aliphatic rings. The molecule has 0 heterocycles. The molecule has 1 rings (SSSR count). The predicted molar refractivity (Wildman–Crippen MR) is 48.4 cm³/mol. The lowest BCUT2D eigenvalue weighted by molar-refractivity contribution is 0.201. The number of ether oxygens (including phenoxy) is 1. The number of aliphatic hydroxyl groups excluding tert-OH is 1. The Morgan fingerprint density at radius 2 is 2.23 bits per heavy atom. The molecule has 0 saturated heterocycles. The van der Waals surface area contributed by atoms with Gasteiger partial charge in [-0.15, -0.1) is 0 Å². The smallest absolute Gasteiger partial charge is 0.145 e. The summed E-state index contributed by atoms with van der Waals surface area (Å²) in [5.74, 6) is -0.403. The van der Waals surface area contributed by atoms with Crippen LogP contribution in [0.1, 0.15) is 0 Å². The summed E-state index contributed by atoms with van der Waals surface area (Å²) < 4.78 is 17.8. The Labute approximate surface area is 79.9 Å². The second-order valence-electron chi connectivity index (χ2n) is 2.38. The molecule has 0 unspecified atom stereocenters. The minimum Gasteiger partial charge on any atom is -0.489 e. The van der Waals surface area contributed by atoms with Gasteiger partial charge in [-0.1, -0.05) is 11.6 Å². The summed E-state index contributed by atoms with van der Waals surface area (Å²) in [6, 6.07) is 2.36. The van der Waals surface area contributed by atoms with Gasteiger partial charge in [-0.2, -0.15) is 0 Å². The van der Waals surface area contributed by atoms with Crippen LogP contribution in [0.5, 0.6) is 5.75 Å². The topological polar surface area (TPSA) is 55.5 Å². The van der Waals surface area contributed by atoms with Gasteiger partial charge in [0.25, 0.3) is 0 Å². The maximum absolute atomic E-state index is 12.9. The summed E-state index contributed by atoms with van der Waals surface area (Å²) in [6.45, 7) is -0.0744. The van der Waals surface area contributed by atoms with Crippen LogP contribution in [0, 0.1) is 5.82 Å². The molecule has 0 aromatic heterocycles. The van der Waals surface area contributed by atoms with Crippen LogP contribution >= 0.6 is 11.6 Å². The van der Waals surface area contributed by atoms with E-state index in [0.717, 1.165) is 6.07 Å². The number of halogens is 2. The molecule has 0 aliphatic carbocycles. The summed E-state index contributed by atoms with van der Waals surface area (Å²) in [7, 11) is 0. The third-order valence-electron chi connectivity index (χ3n) is 1.40. The fourth-order valence-corrected chi connectivity index (χ4v) is 0.997. The SMILES string of the molecule is Nc1cc(Cl)c(F)cc1OCCO. The third kappa shape index (κ3) is 2.47. The Balaban J connectivity index is 2.88. The van der Waals surface area contributed by atoms with Gasteiger partial charge in [0.2, 0.25) is 0 Å². The molecule has 1 aromatic carbocycles. The second kappa shape index (κ2) is 4.30. The average molecular weight is 206 g/mol. The fourth-order valence-electron chi connectivity index (χ4n) is 0.825. The first-order valence-electron chi connectivity index (χ1n) is 3.63. The van der Waals surface area contributed by atoms with Gasteiger partial charge in [0.05, 0.1) is 17.3 Å². The van der Waals surface area contributed by atoms with E-state index in [1.54, 1.807) is 0 Å². The quantitative estimate of drug-likeness (QED) is 0.734. The van der Waals surface area contributed by atoms with Crippen molar-refractivity contribution in [1.29, 1.82) is 0 Å². The van der Waals surface area contributed by atoms with Crippen molar-refractivity contribution in [3.8, 4) is 5.75 Å². The number of hydrogen-bond donors (Lipinski definition) is 2. The highest BCUT2D eigenvalue weighted by Crippen LogP contribution is 2.27. The van der Waals surface area contributed by atoms with Crippen LogP contribution in [0.3, 0.4) is 0 Å². The van der Waals surface area contributed by atoms with Crippen LogP contribution < -0.4 is 10.5 Å². The van der Waals surface area contributed by atoms with Gasteiger partial charge >= 0.3 is 0 Å². The molecule has 3 N–H and O–H groups in total. The van der Waals surface area contributed by atoms with Crippen molar-refractivity contribution in [2.45, 2.75) is 0 Å². The summed E-state index contributed by atoms with van der Waals surface area (Å²) in [5.41, 5.74) is 5.72. The van der Waals surface area contributed by atoms with E-state index < -0.39 is 5.82 Å². The summed E-state index contributed by atoms with van der Waals surface area (Å²) >= 11 is 5.46. The van der Waals surface area contributed by atoms with Crippen LogP contribution in [0.2, 0.25) is 5.02 Å². The average Bonchev–Trinajstić information content (AvgIpc) is 2.09. The van der Waals surface area contributed by atoms with Crippen molar-refractivity contribution in [2.75, 3.05) is 18.9 Å². The number of nitrogen functional groups attached to an aromatic ring is 1. The van der Waals surface area contributed by atoms with Crippen LogP contribution in [-0.2, 0) is 0 Å². The van der Waals surface area contributed by atoms with Gasteiger partial charge in [0.15, 0.2) is 0 Å². The Kier molecular flexibility index (Phi) is 3.33. The molecule has 72 valence electrons. The number of hydrogen-bond acceptors (Lipinski definition) is 3. The number of rotatable bonds is 3. The van der Waals surface area contributed by atoms with Gasteiger partial charge in [0.1, 0.15) is 18.2 Å². The number of benzene rings is 1. The van der Waals surface area contributed by atoms with Crippen molar-refractivity contribution in [3.63, 3.8) is 0 Å². The molecule has 1 aromatic rings. The van der Waals surface area contributed by atoms with E-state index in [-0.39, 0.29) is 29.7 Å². The van der Waals surface area contributed by atoms with Crippen molar-refractivity contribution in [2.24, 2.45) is 0 Å². The summed E-state index contributed by atoms with van der Waals surface area (Å²) in [4.78, 5) is 0. The maximum atomic E-state index is 12.9. The molecule has 13 heavy (non-hydrogen) atoms. The molecule has 0 bridgehead atoms. The predicted octanol–water partition coefficient (Wildman–Crippen LogP) is 1.43. The lowest BCUT2D eigenvalue weighted by Crippen LogP contribution is -2.04. The molecule has 0 atom stereocenters. The van der Waals surface area contributed by atoms with E-state index in [1.807, 2.05) is 0 Å². The summed E-state index contributed by atoms with van der Waals surface area (Å²) in [5, 5.41) is 8.41. The molecular weight excluding hydrogens is 197 g/mol. The monoisotopic (exact) mass is 205 g/mol. The van der Waals surface area contributed by atoms with Gasteiger partial charge in [-0.25, -0.2) is 4.39 Å². The van der Waals surface area contributed by atoms with Gasteiger partial charge in [-0.3, -0.25) is 0 Å². The lowest BCUT2D eigenvalue weighted by atomic mass is 10.3. The van der Waals surface area contributed by atoms with E-state index in [0.29, 0.717) is 0 Å². The Bertz CT molecular complexity index is 306. The zero-order chi connectivity index (χ0) is 9.84. The Morgan fingerprint density at radius 1 is 1.54 bits per heavy atom. The van der Waals surface area contributed by atoms with Crippen molar-refractivity contribution in [3.05, 3.63) is 23.0 Å². The van der Waals surface area contributed by atoms with E-state index in [9.17, 15) is 4.39 Å². The van der Waals surface area contributed by atoms with Crippen LogP contribution in [0.15, 0.2) is 12.1 Å². The van der Waals surface area contributed by atoms with Gasteiger partial charge in [-0.05, 0) is 6.07 Å². The normalized spacial score (nSPS) is 10.1. The lowest BCUT2D eigenvalue weighted by Gasteiger charge is -2.07. The molecule has 0 radical (unpaired) electrons. The molecule has 3 nitrogen and oxygen atoms in total. The van der Waals surface area contributed by atoms with Crippen molar-refractivity contribution in [1.82, 2.24) is 0 Å². The first kappa shape index (κ1) is 10.1.